The Kier molecular flexibility index (Phi) is 4.75. The van der Waals surface area contributed by atoms with Crippen LogP contribution >= 0.6 is 0 Å². The van der Waals surface area contributed by atoms with E-state index in [0.717, 1.165) is 11.8 Å². The van der Waals surface area contributed by atoms with E-state index >= 15 is 0 Å². The number of carbonyl (C=O) groups is 1. The Morgan fingerprint density at radius 1 is 1.50 bits per heavy atom. The van der Waals surface area contributed by atoms with Crippen LogP contribution < -0.4 is 0 Å². The van der Waals surface area contributed by atoms with Crippen molar-refractivity contribution in [1.29, 1.82) is 0 Å². The molecule has 1 aromatic carbocycles. The van der Waals surface area contributed by atoms with Crippen LogP contribution in [-0.4, -0.2) is 6.29 Å². The molecule has 0 amide bonds. The van der Waals surface area contributed by atoms with Gasteiger partial charge < -0.3 is 4.79 Å². The smallest absolute Gasteiger partial charge is 0.355 e. The molecule has 0 aliphatic rings. The topological polar surface area (TPSA) is 17.1 Å². The molecule has 0 aliphatic heterocycles. The van der Waals surface area contributed by atoms with Crippen LogP contribution in [0.5, 0.6) is 0 Å². The number of hydrogen-bond donors (Lipinski definition) is 0. The van der Waals surface area contributed by atoms with Crippen LogP contribution in [0.1, 0.15) is 15.9 Å². The fourth-order valence-electron chi connectivity index (χ4n) is 0.676. The van der Waals surface area contributed by atoms with Crippen LogP contribution in [0.2, 0.25) is 0 Å². The molecule has 0 heterocycles. The SMILES string of the molecule is Cc1[c-]c(C=O)ccc1.[Y+3]. The molecule has 0 fully saturated rings. The summed E-state index contributed by atoms with van der Waals surface area (Å²) >= 11 is 0. The zero-order valence-corrected chi connectivity index (χ0v) is 8.63. The molecule has 0 radical (unpaired) electrons. The van der Waals surface area contributed by atoms with E-state index in [1.54, 1.807) is 6.07 Å². The third kappa shape index (κ3) is 2.72. The Balaban J connectivity index is 0.000000810. The van der Waals surface area contributed by atoms with Crippen LogP contribution in [0.25, 0.3) is 0 Å². The van der Waals surface area contributed by atoms with Gasteiger partial charge in [-0.2, -0.15) is 0 Å². The zero-order valence-electron chi connectivity index (χ0n) is 5.79. The van der Waals surface area contributed by atoms with E-state index in [9.17, 15) is 4.79 Å². The summed E-state index contributed by atoms with van der Waals surface area (Å²) in [5, 5.41) is 0. The summed E-state index contributed by atoms with van der Waals surface area (Å²) in [5.74, 6) is 0. The molecule has 1 rings (SSSR count). The van der Waals surface area contributed by atoms with Crippen LogP contribution in [0.3, 0.4) is 0 Å². The van der Waals surface area contributed by atoms with Crippen LogP contribution in [0.15, 0.2) is 18.2 Å². The van der Waals surface area contributed by atoms with Crippen molar-refractivity contribution in [1.82, 2.24) is 0 Å². The predicted octanol–water partition coefficient (Wildman–Crippen LogP) is 1.61. The number of benzene rings is 1. The number of carbonyl (C=O) groups excluding carboxylic acids is 1. The summed E-state index contributed by atoms with van der Waals surface area (Å²) < 4.78 is 0. The first-order valence-electron chi connectivity index (χ1n) is 2.77. The minimum atomic E-state index is 0. The summed E-state index contributed by atoms with van der Waals surface area (Å²) in [6.07, 6.45) is 0.799. The summed E-state index contributed by atoms with van der Waals surface area (Å²) in [7, 11) is 0. The molecule has 1 aromatic rings. The maximum Gasteiger partial charge on any atom is 3.00 e. The molecule has 46 valence electrons. The van der Waals surface area contributed by atoms with Crippen molar-refractivity contribution >= 4 is 6.29 Å². The van der Waals surface area contributed by atoms with E-state index in [2.05, 4.69) is 6.07 Å². The van der Waals surface area contributed by atoms with Gasteiger partial charge in [0.2, 0.25) is 0 Å². The third-order valence-electron chi connectivity index (χ3n) is 1.09. The summed E-state index contributed by atoms with van der Waals surface area (Å²) in [4.78, 5) is 10.1. The van der Waals surface area contributed by atoms with Crippen LogP contribution in [-0.2, 0) is 32.7 Å². The normalized spacial score (nSPS) is 8.10. The molecule has 0 saturated carbocycles. The second kappa shape index (κ2) is 4.76. The van der Waals surface area contributed by atoms with Gasteiger partial charge in [-0.1, -0.05) is 6.92 Å². The van der Waals surface area contributed by atoms with Gasteiger partial charge >= 0.3 is 32.7 Å². The van der Waals surface area contributed by atoms with Gasteiger partial charge in [0.15, 0.2) is 0 Å². The first-order valence-corrected chi connectivity index (χ1v) is 2.77. The van der Waals surface area contributed by atoms with Gasteiger partial charge in [-0.3, -0.25) is 0 Å². The quantitative estimate of drug-likeness (QED) is 0.506. The van der Waals surface area contributed by atoms with Crippen LogP contribution in [0.4, 0.5) is 0 Å². The van der Waals surface area contributed by atoms with E-state index in [-0.39, 0.29) is 32.7 Å². The largest absolute Gasteiger partial charge is 3.00 e. The average Bonchev–Trinajstić information content (AvgIpc) is 1.88. The molecule has 0 atom stereocenters. The fourth-order valence-corrected chi connectivity index (χ4v) is 0.676. The van der Waals surface area contributed by atoms with Crippen molar-refractivity contribution in [2.75, 3.05) is 0 Å². The van der Waals surface area contributed by atoms with Gasteiger partial charge in [0.05, 0.1) is 6.29 Å². The number of hydrogen-bond acceptors (Lipinski definition) is 1. The van der Waals surface area contributed by atoms with Gasteiger partial charge in [0.25, 0.3) is 0 Å². The maximum atomic E-state index is 10.1. The van der Waals surface area contributed by atoms with Gasteiger partial charge in [0, 0.05) is 0 Å². The van der Waals surface area contributed by atoms with Gasteiger partial charge in [-0.15, -0.1) is 35.4 Å². The number of rotatable bonds is 1. The molecular formula is C8H7OY+2. The van der Waals surface area contributed by atoms with E-state index < -0.39 is 0 Å². The minimum Gasteiger partial charge on any atom is -0.355 e. The number of aryl methyl sites for hydroxylation is 1. The molecule has 0 spiro atoms. The predicted molar refractivity (Wildman–Crippen MR) is 35.4 cm³/mol. The first kappa shape index (κ1) is 9.99. The average molecular weight is 208 g/mol. The maximum absolute atomic E-state index is 10.1. The molecule has 10 heavy (non-hydrogen) atoms. The molecule has 1 nitrogen and oxygen atoms in total. The Morgan fingerprint density at radius 2 is 2.20 bits per heavy atom. The summed E-state index contributed by atoms with van der Waals surface area (Å²) in [6, 6.07) is 8.38. The molecule has 2 heteroatoms. The molecular weight excluding hydrogens is 201 g/mol. The third-order valence-corrected chi connectivity index (χ3v) is 1.09. The van der Waals surface area contributed by atoms with Crippen LogP contribution in [0, 0.1) is 13.0 Å². The second-order valence-corrected chi connectivity index (χ2v) is 1.91. The van der Waals surface area contributed by atoms with Gasteiger partial charge in [-0.25, -0.2) is 0 Å². The Morgan fingerprint density at radius 3 is 2.60 bits per heavy atom. The van der Waals surface area contributed by atoms with Crippen molar-refractivity contribution in [3.8, 4) is 0 Å². The van der Waals surface area contributed by atoms with Crippen molar-refractivity contribution in [2.24, 2.45) is 0 Å². The van der Waals surface area contributed by atoms with Crippen molar-refractivity contribution < 1.29 is 37.5 Å². The monoisotopic (exact) mass is 208 g/mol. The Hall–Kier alpha value is -0.00610. The Labute approximate surface area is 85.7 Å². The summed E-state index contributed by atoms with van der Waals surface area (Å²) in [6.45, 7) is 1.91. The van der Waals surface area contributed by atoms with E-state index in [4.69, 9.17) is 0 Å². The molecule has 0 aliphatic carbocycles. The molecule has 0 aromatic heterocycles. The van der Waals surface area contributed by atoms with Crippen molar-refractivity contribution in [2.45, 2.75) is 6.92 Å². The molecule has 0 bridgehead atoms. The standard InChI is InChI=1S/C8H7O.Y/c1-7-3-2-4-8(5-7)6-9;/h2-4,6H,1H3;/q-1;+3. The van der Waals surface area contributed by atoms with E-state index in [0.29, 0.717) is 5.56 Å². The van der Waals surface area contributed by atoms with Gasteiger partial charge in [0.1, 0.15) is 0 Å². The molecule has 0 N–H and O–H groups in total. The summed E-state index contributed by atoms with van der Waals surface area (Å²) in [5.41, 5.74) is 1.62. The van der Waals surface area contributed by atoms with E-state index in [1.807, 2.05) is 19.1 Å². The second-order valence-electron chi connectivity index (χ2n) is 1.91. The van der Waals surface area contributed by atoms with Crippen molar-refractivity contribution in [3.63, 3.8) is 0 Å². The first-order chi connectivity index (χ1) is 4.33. The molecule has 0 saturated heterocycles. The number of aldehydes is 1. The fraction of sp³-hybridized carbons (Fsp3) is 0.125. The van der Waals surface area contributed by atoms with Crippen molar-refractivity contribution in [3.05, 3.63) is 35.4 Å². The zero-order chi connectivity index (χ0) is 6.69. The molecule has 0 unspecified atom stereocenters. The van der Waals surface area contributed by atoms with E-state index in [1.165, 1.54) is 0 Å². The Bertz CT molecular complexity index is 220. The minimum absolute atomic E-state index is 0. The van der Waals surface area contributed by atoms with Gasteiger partial charge in [-0.05, 0) is 0 Å².